The van der Waals surface area contributed by atoms with Gasteiger partial charge >= 0.3 is 0 Å². The van der Waals surface area contributed by atoms with Gasteiger partial charge in [0.1, 0.15) is 6.10 Å². The summed E-state index contributed by atoms with van der Waals surface area (Å²) in [7, 11) is 0. The molecule has 2 atom stereocenters. The molecule has 1 aromatic heterocycles. The first kappa shape index (κ1) is 15.8. The van der Waals surface area contributed by atoms with Crippen molar-refractivity contribution in [3.05, 3.63) is 69.1 Å². The van der Waals surface area contributed by atoms with Crippen molar-refractivity contribution in [3.8, 4) is 0 Å². The smallest absolute Gasteiger partial charge is 0.254 e. The number of hydrogen-bond acceptors (Lipinski definition) is 3. The van der Waals surface area contributed by atoms with Crippen LogP contribution in [0, 0.1) is 0 Å². The van der Waals surface area contributed by atoms with E-state index in [2.05, 4.69) is 4.98 Å². The van der Waals surface area contributed by atoms with Gasteiger partial charge in [0.05, 0.1) is 19.2 Å². The number of halogens is 1. The quantitative estimate of drug-likeness (QED) is 0.919. The first-order chi connectivity index (χ1) is 11.1. The van der Waals surface area contributed by atoms with Gasteiger partial charge in [0.15, 0.2) is 0 Å². The normalized spacial score (nSPS) is 21.2. The number of aromatic amines is 1. The van der Waals surface area contributed by atoms with Crippen molar-refractivity contribution in [2.24, 2.45) is 0 Å². The molecule has 0 radical (unpaired) electrons. The molecule has 1 N–H and O–H groups in total. The number of hydrogen-bond donors (Lipinski definition) is 1. The van der Waals surface area contributed by atoms with Gasteiger partial charge in [-0.15, -0.1) is 0 Å². The Morgan fingerprint density at radius 1 is 1.35 bits per heavy atom. The van der Waals surface area contributed by atoms with E-state index in [0.717, 1.165) is 5.56 Å². The molecule has 120 valence electrons. The Morgan fingerprint density at radius 3 is 2.87 bits per heavy atom. The Hall–Kier alpha value is -2.11. The number of ether oxygens (including phenoxy) is 1. The lowest BCUT2D eigenvalue weighted by molar-refractivity contribution is -0.0486. The lowest BCUT2D eigenvalue weighted by atomic mass is 10.0. The summed E-state index contributed by atoms with van der Waals surface area (Å²) in [6.07, 6.45) is 1.21. The number of amides is 1. The summed E-state index contributed by atoms with van der Waals surface area (Å²) < 4.78 is 5.85. The number of nitrogens with zero attached hydrogens (tertiary/aromatic N) is 1. The van der Waals surface area contributed by atoms with Crippen LogP contribution in [0.4, 0.5) is 0 Å². The molecule has 1 saturated heterocycles. The second kappa shape index (κ2) is 6.56. The maximum absolute atomic E-state index is 12.7. The van der Waals surface area contributed by atoms with Gasteiger partial charge in [-0.1, -0.05) is 29.8 Å². The molecule has 1 aliphatic rings. The summed E-state index contributed by atoms with van der Waals surface area (Å²) in [5.74, 6) is -0.177. The third-order valence-corrected chi connectivity index (χ3v) is 4.31. The molecule has 0 saturated carbocycles. The first-order valence-corrected chi connectivity index (χ1v) is 7.80. The van der Waals surface area contributed by atoms with Crippen LogP contribution in [0.5, 0.6) is 0 Å². The fourth-order valence-electron chi connectivity index (χ4n) is 2.71. The van der Waals surface area contributed by atoms with Crippen molar-refractivity contribution in [3.63, 3.8) is 0 Å². The minimum atomic E-state index is -0.292. The highest BCUT2D eigenvalue weighted by Gasteiger charge is 2.31. The van der Waals surface area contributed by atoms with Gasteiger partial charge in [0, 0.05) is 28.4 Å². The van der Waals surface area contributed by atoms with E-state index in [1.807, 2.05) is 25.1 Å². The van der Waals surface area contributed by atoms with E-state index in [1.54, 1.807) is 17.0 Å². The number of nitrogens with one attached hydrogen (secondary N) is 1. The minimum Gasteiger partial charge on any atom is -0.369 e. The van der Waals surface area contributed by atoms with Crippen LogP contribution >= 0.6 is 11.6 Å². The summed E-state index contributed by atoms with van der Waals surface area (Å²) in [6, 6.07) is 10.3. The highest BCUT2D eigenvalue weighted by Crippen LogP contribution is 2.30. The molecule has 6 heteroatoms. The van der Waals surface area contributed by atoms with Crippen molar-refractivity contribution in [2.75, 3.05) is 13.2 Å². The molecule has 1 amide bonds. The Bertz CT molecular complexity index is 774. The maximum Gasteiger partial charge on any atom is 0.254 e. The van der Waals surface area contributed by atoms with Crippen molar-refractivity contribution < 1.29 is 9.53 Å². The average Bonchev–Trinajstić information content (AvgIpc) is 2.55. The number of carbonyl (C=O) groups is 1. The minimum absolute atomic E-state index is 0.0690. The van der Waals surface area contributed by atoms with Gasteiger partial charge in [0.2, 0.25) is 5.56 Å². The SMILES string of the molecule is C[C@@H]1CO[C@@H](c2ccccc2Cl)CN1C(=O)c1cc[nH]c(=O)c1. The van der Waals surface area contributed by atoms with Crippen LogP contribution < -0.4 is 5.56 Å². The van der Waals surface area contributed by atoms with Crippen LogP contribution in [0.1, 0.15) is 28.9 Å². The summed E-state index contributed by atoms with van der Waals surface area (Å²) in [5, 5.41) is 0.621. The van der Waals surface area contributed by atoms with Gasteiger partial charge in [0.25, 0.3) is 5.91 Å². The number of rotatable bonds is 2. The number of aromatic nitrogens is 1. The largest absolute Gasteiger partial charge is 0.369 e. The number of benzene rings is 1. The maximum atomic E-state index is 12.7. The van der Waals surface area contributed by atoms with Crippen LogP contribution in [0.15, 0.2) is 47.4 Å². The third-order valence-electron chi connectivity index (χ3n) is 3.97. The zero-order chi connectivity index (χ0) is 16.4. The number of pyridine rings is 1. The van der Waals surface area contributed by atoms with Crippen LogP contribution in [0.25, 0.3) is 0 Å². The van der Waals surface area contributed by atoms with Crippen molar-refractivity contribution in [1.29, 1.82) is 0 Å². The predicted molar refractivity (Wildman–Crippen MR) is 87.7 cm³/mol. The summed E-state index contributed by atoms with van der Waals surface area (Å²) >= 11 is 6.23. The molecule has 0 bridgehead atoms. The molecule has 3 rings (SSSR count). The molecule has 1 fully saturated rings. The Morgan fingerprint density at radius 2 is 2.13 bits per heavy atom. The first-order valence-electron chi connectivity index (χ1n) is 7.42. The second-order valence-electron chi connectivity index (χ2n) is 5.59. The van der Waals surface area contributed by atoms with E-state index in [0.29, 0.717) is 23.7 Å². The van der Waals surface area contributed by atoms with E-state index in [4.69, 9.17) is 16.3 Å². The van der Waals surface area contributed by atoms with Crippen molar-refractivity contribution in [2.45, 2.75) is 19.1 Å². The molecule has 1 aliphatic heterocycles. The number of carbonyl (C=O) groups excluding carboxylic acids is 1. The lowest BCUT2D eigenvalue weighted by Crippen LogP contribution is -2.48. The molecule has 0 spiro atoms. The fraction of sp³-hybridized carbons (Fsp3) is 0.294. The molecule has 0 aliphatic carbocycles. The van der Waals surface area contributed by atoms with Crippen LogP contribution in [0.2, 0.25) is 5.02 Å². The summed E-state index contributed by atoms with van der Waals surface area (Å²) in [6.45, 7) is 2.75. The van der Waals surface area contributed by atoms with E-state index < -0.39 is 0 Å². The van der Waals surface area contributed by atoms with E-state index in [1.165, 1.54) is 12.3 Å². The monoisotopic (exact) mass is 332 g/mol. The van der Waals surface area contributed by atoms with Gasteiger partial charge in [-0.05, 0) is 19.1 Å². The van der Waals surface area contributed by atoms with E-state index >= 15 is 0 Å². The zero-order valence-electron chi connectivity index (χ0n) is 12.7. The Labute approximate surface area is 138 Å². The lowest BCUT2D eigenvalue weighted by Gasteiger charge is -2.38. The zero-order valence-corrected chi connectivity index (χ0v) is 13.4. The topological polar surface area (TPSA) is 62.4 Å². The van der Waals surface area contributed by atoms with E-state index in [9.17, 15) is 9.59 Å². The van der Waals surface area contributed by atoms with Crippen LogP contribution in [-0.4, -0.2) is 35.0 Å². The molecule has 2 aromatic rings. The number of morpholine rings is 1. The molecular formula is C17H17ClN2O3. The van der Waals surface area contributed by atoms with Gasteiger partial charge in [-0.2, -0.15) is 0 Å². The Kier molecular flexibility index (Phi) is 4.50. The van der Waals surface area contributed by atoms with Gasteiger partial charge < -0.3 is 14.6 Å². The highest BCUT2D eigenvalue weighted by atomic mass is 35.5. The highest BCUT2D eigenvalue weighted by molar-refractivity contribution is 6.31. The summed E-state index contributed by atoms with van der Waals surface area (Å²) in [4.78, 5) is 28.4. The Balaban J connectivity index is 1.85. The predicted octanol–water partition coefficient (Wildman–Crippen LogP) is 2.63. The van der Waals surface area contributed by atoms with Crippen LogP contribution in [-0.2, 0) is 4.74 Å². The fourth-order valence-corrected chi connectivity index (χ4v) is 2.96. The molecule has 1 aromatic carbocycles. The third kappa shape index (κ3) is 3.30. The van der Waals surface area contributed by atoms with E-state index in [-0.39, 0.29) is 23.6 Å². The average molecular weight is 333 g/mol. The van der Waals surface area contributed by atoms with Crippen molar-refractivity contribution in [1.82, 2.24) is 9.88 Å². The van der Waals surface area contributed by atoms with Crippen LogP contribution in [0.3, 0.4) is 0 Å². The second-order valence-corrected chi connectivity index (χ2v) is 6.00. The molecule has 23 heavy (non-hydrogen) atoms. The molecule has 0 unspecified atom stereocenters. The molecular weight excluding hydrogens is 316 g/mol. The van der Waals surface area contributed by atoms with Crippen molar-refractivity contribution >= 4 is 17.5 Å². The van der Waals surface area contributed by atoms with Gasteiger partial charge in [-0.25, -0.2) is 0 Å². The molecule has 2 heterocycles. The molecule has 5 nitrogen and oxygen atoms in total. The number of H-pyrrole nitrogens is 1. The van der Waals surface area contributed by atoms with Gasteiger partial charge in [-0.3, -0.25) is 9.59 Å². The summed E-state index contributed by atoms with van der Waals surface area (Å²) in [5.41, 5.74) is 0.949. The standard InChI is InChI=1S/C17H17ClN2O3/c1-11-10-23-15(13-4-2-3-5-14(13)18)9-20(11)17(22)12-6-7-19-16(21)8-12/h2-8,11,15H,9-10H2,1H3,(H,19,21)/t11-,15-/m1/s1.